The molecule has 0 aliphatic heterocycles. The van der Waals surface area contributed by atoms with E-state index in [2.05, 4.69) is 15.6 Å². The molecule has 2 rings (SSSR count). The van der Waals surface area contributed by atoms with Crippen LogP contribution in [-0.2, 0) is 4.74 Å². The molecule has 9 heteroatoms. The van der Waals surface area contributed by atoms with Crippen LogP contribution < -0.4 is 10.6 Å². The molecule has 26 heavy (non-hydrogen) atoms. The van der Waals surface area contributed by atoms with E-state index in [0.717, 1.165) is 18.9 Å². The third kappa shape index (κ3) is 5.45. The summed E-state index contributed by atoms with van der Waals surface area (Å²) >= 11 is 5.82. The van der Waals surface area contributed by atoms with Crippen molar-refractivity contribution in [2.45, 2.75) is 64.1 Å². The molecular formula is C17H23ClFN3O4. The number of carboxylic acids is 1. The van der Waals surface area contributed by atoms with Crippen molar-refractivity contribution < 1.29 is 23.8 Å². The number of carboxylic acid groups (broad SMARTS) is 1. The number of ether oxygens (including phenoxy) is 1. The molecular weight excluding hydrogens is 365 g/mol. The van der Waals surface area contributed by atoms with Crippen LogP contribution in [0.4, 0.5) is 15.0 Å². The van der Waals surface area contributed by atoms with Crippen LogP contribution in [0.15, 0.2) is 6.07 Å². The molecule has 0 unspecified atom stereocenters. The van der Waals surface area contributed by atoms with E-state index >= 15 is 0 Å². The van der Waals surface area contributed by atoms with E-state index in [4.69, 9.17) is 21.4 Å². The van der Waals surface area contributed by atoms with Gasteiger partial charge in [0.05, 0.1) is 11.6 Å². The number of hydrogen-bond acceptors (Lipinski definition) is 5. The molecule has 0 saturated heterocycles. The van der Waals surface area contributed by atoms with Crippen molar-refractivity contribution in [1.82, 2.24) is 10.3 Å². The minimum Gasteiger partial charge on any atom is -0.478 e. The van der Waals surface area contributed by atoms with E-state index in [9.17, 15) is 14.0 Å². The molecule has 1 aliphatic rings. The fourth-order valence-electron chi connectivity index (χ4n) is 2.83. The van der Waals surface area contributed by atoms with Gasteiger partial charge in [-0.05, 0) is 39.7 Å². The van der Waals surface area contributed by atoms with Crippen LogP contribution in [-0.4, -0.2) is 39.8 Å². The van der Waals surface area contributed by atoms with E-state index < -0.39 is 29.0 Å². The number of rotatable bonds is 4. The second kappa shape index (κ2) is 8.07. The van der Waals surface area contributed by atoms with Gasteiger partial charge < -0.3 is 20.5 Å². The van der Waals surface area contributed by atoms with Crippen LogP contribution in [0.5, 0.6) is 0 Å². The molecule has 1 amide bonds. The Labute approximate surface area is 156 Å². The van der Waals surface area contributed by atoms with E-state index in [-0.39, 0.29) is 23.1 Å². The Morgan fingerprint density at radius 3 is 2.50 bits per heavy atom. The number of amides is 1. The van der Waals surface area contributed by atoms with Crippen LogP contribution in [0.1, 0.15) is 56.8 Å². The lowest BCUT2D eigenvalue weighted by Crippen LogP contribution is -2.50. The van der Waals surface area contributed by atoms with Crippen LogP contribution in [0, 0.1) is 5.82 Å². The molecule has 2 atom stereocenters. The van der Waals surface area contributed by atoms with E-state index in [1.807, 2.05) is 0 Å². The van der Waals surface area contributed by atoms with E-state index in [1.54, 1.807) is 20.8 Å². The number of halogens is 2. The van der Waals surface area contributed by atoms with Gasteiger partial charge >= 0.3 is 12.1 Å². The third-order valence-corrected chi connectivity index (χ3v) is 4.24. The lowest BCUT2D eigenvalue weighted by molar-refractivity contribution is 0.0488. The Balaban J connectivity index is 2.12. The van der Waals surface area contributed by atoms with Crippen LogP contribution >= 0.6 is 11.6 Å². The Morgan fingerprint density at radius 2 is 1.92 bits per heavy atom. The first-order valence-corrected chi connectivity index (χ1v) is 8.80. The maximum absolute atomic E-state index is 14.2. The van der Waals surface area contributed by atoms with Crippen molar-refractivity contribution in [1.29, 1.82) is 0 Å². The monoisotopic (exact) mass is 387 g/mol. The second-order valence-electron chi connectivity index (χ2n) is 7.25. The Morgan fingerprint density at radius 1 is 1.31 bits per heavy atom. The molecule has 1 aliphatic carbocycles. The van der Waals surface area contributed by atoms with Gasteiger partial charge in [0, 0.05) is 6.04 Å². The Bertz CT molecular complexity index is 693. The standard InChI is InChI=1S/C17H23ClFN3O4/c1-17(2,3)26-16(25)21-12-7-5-4-6-11(12)20-14-10(19)8-9(15(23)24)13(18)22-14/h8,11-12H,4-7H2,1-3H3,(H,20,22)(H,21,25)(H,23,24)/t11-,12+/m1/s1. The van der Waals surface area contributed by atoms with Gasteiger partial charge in [0.2, 0.25) is 0 Å². The van der Waals surface area contributed by atoms with Crippen molar-refractivity contribution in [3.05, 3.63) is 22.6 Å². The molecule has 1 saturated carbocycles. The number of aromatic nitrogens is 1. The highest BCUT2D eigenvalue weighted by Crippen LogP contribution is 2.26. The predicted octanol–water partition coefficient (Wildman–Crippen LogP) is 3.82. The highest BCUT2D eigenvalue weighted by molar-refractivity contribution is 6.32. The smallest absolute Gasteiger partial charge is 0.407 e. The molecule has 7 nitrogen and oxygen atoms in total. The first-order valence-electron chi connectivity index (χ1n) is 8.42. The summed E-state index contributed by atoms with van der Waals surface area (Å²) in [5.74, 6) is -2.30. The van der Waals surface area contributed by atoms with Crippen molar-refractivity contribution in [2.24, 2.45) is 0 Å². The van der Waals surface area contributed by atoms with Gasteiger partial charge in [-0.1, -0.05) is 24.4 Å². The van der Waals surface area contributed by atoms with E-state index in [1.165, 1.54) is 0 Å². The lowest BCUT2D eigenvalue weighted by atomic mass is 9.90. The summed E-state index contributed by atoms with van der Waals surface area (Å²) in [4.78, 5) is 26.8. The molecule has 0 spiro atoms. The van der Waals surface area contributed by atoms with Gasteiger partial charge in [-0.2, -0.15) is 0 Å². The van der Waals surface area contributed by atoms with Gasteiger partial charge in [-0.25, -0.2) is 19.0 Å². The van der Waals surface area contributed by atoms with Crippen molar-refractivity contribution in [3.63, 3.8) is 0 Å². The zero-order valence-electron chi connectivity index (χ0n) is 14.9. The fraction of sp³-hybridized carbons (Fsp3) is 0.588. The summed E-state index contributed by atoms with van der Waals surface area (Å²) in [5.41, 5.74) is -1.02. The third-order valence-electron chi connectivity index (χ3n) is 3.95. The molecule has 0 radical (unpaired) electrons. The number of alkyl carbamates (subject to hydrolysis) is 1. The van der Waals surface area contributed by atoms with Gasteiger partial charge in [-0.3, -0.25) is 0 Å². The molecule has 0 aromatic carbocycles. The van der Waals surface area contributed by atoms with Crippen LogP contribution in [0.25, 0.3) is 0 Å². The van der Waals surface area contributed by atoms with Gasteiger partial charge in [0.15, 0.2) is 11.6 Å². The number of nitrogens with one attached hydrogen (secondary N) is 2. The summed E-state index contributed by atoms with van der Waals surface area (Å²) in [6, 6.07) is 0.293. The predicted molar refractivity (Wildman–Crippen MR) is 95.2 cm³/mol. The number of pyridine rings is 1. The maximum atomic E-state index is 14.2. The van der Waals surface area contributed by atoms with Gasteiger partial charge in [-0.15, -0.1) is 0 Å². The fourth-order valence-corrected chi connectivity index (χ4v) is 3.05. The van der Waals surface area contributed by atoms with Crippen LogP contribution in [0.2, 0.25) is 5.15 Å². The molecule has 1 fully saturated rings. The number of nitrogens with zero attached hydrogens (tertiary/aromatic N) is 1. The first-order chi connectivity index (χ1) is 12.1. The number of carbonyl (C=O) groups excluding carboxylic acids is 1. The summed E-state index contributed by atoms with van der Waals surface area (Å²) in [7, 11) is 0. The van der Waals surface area contributed by atoms with Crippen molar-refractivity contribution in [2.75, 3.05) is 5.32 Å². The number of hydrogen-bond donors (Lipinski definition) is 3. The molecule has 0 bridgehead atoms. The van der Waals surface area contributed by atoms with Gasteiger partial charge in [0.25, 0.3) is 0 Å². The molecule has 1 aromatic heterocycles. The maximum Gasteiger partial charge on any atom is 0.407 e. The summed E-state index contributed by atoms with van der Waals surface area (Å²) in [6.07, 6.45) is 2.70. The number of carbonyl (C=O) groups is 2. The number of aromatic carboxylic acids is 1. The summed E-state index contributed by atoms with van der Waals surface area (Å²) in [5, 5.41) is 14.4. The molecule has 144 valence electrons. The SMILES string of the molecule is CC(C)(C)OC(=O)N[C@H]1CCCC[C@H]1Nc1nc(Cl)c(C(=O)O)cc1F. The van der Waals surface area contributed by atoms with E-state index in [0.29, 0.717) is 12.8 Å². The second-order valence-corrected chi connectivity index (χ2v) is 7.61. The quantitative estimate of drug-likeness (QED) is 0.679. The van der Waals surface area contributed by atoms with Crippen LogP contribution in [0.3, 0.4) is 0 Å². The lowest BCUT2D eigenvalue weighted by Gasteiger charge is -2.33. The Kier molecular flexibility index (Phi) is 6.28. The minimum absolute atomic E-state index is 0.136. The average Bonchev–Trinajstić information content (AvgIpc) is 2.50. The highest BCUT2D eigenvalue weighted by Gasteiger charge is 2.29. The summed E-state index contributed by atoms with van der Waals surface area (Å²) in [6.45, 7) is 5.32. The first kappa shape index (κ1) is 20.2. The number of anilines is 1. The zero-order valence-corrected chi connectivity index (χ0v) is 15.7. The topological polar surface area (TPSA) is 101 Å². The van der Waals surface area contributed by atoms with Gasteiger partial charge in [0.1, 0.15) is 10.8 Å². The van der Waals surface area contributed by atoms with Crippen molar-refractivity contribution in [3.8, 4) is 0 Å². The molecule has 1 heterocycles. The minimum atomic E-state index is -1.35. The largest absolute Gasteiger partial charge is 0.478 e. The average molecular weight is 388 g/mol. The zero-order chi connectivity index (χ0) is 19.5. The molecule has 3 N–H and O–H groups in total. The normalized spacial score (nSPS) is 20.3. The highest BCUT2D eigenvalue weighted by atomic mass is 35.5. The Hall–Kier alpha value is -2.09. The summed E-state index contributed by atoms with van der Waals surface area (Å²) < 4.78 is 19.5. The van der Waals surface area contributed by atoms with Crippen molar-refractivity contribution >= 4 is 29.5 Å². The molecule has 1 aromatic rings.